The van der Waals surface area contributed by atoms with E-state index in [1.807, 2.05) is 18.5 Å². The molecule has 0 bridgehead atoms. The van der Waals surface area contributed by atoms with Crippen LogP contribution in [0.25, 0.3) is 0 Å². The number of hydrogen-bond acceptors (Lipinski definition) is 3. The monoisotopic (exact) mass is 205 g/mol. The zero-order valence-electron chi connectivity index (χ0n) is 9.32. The predicted octanol–water partition coefficient (Wildman–Crippen LogP) is 1.39. The molecule has 0 radical (unpaired) electrons. The Morgan fingerprint density at radius 2 is 2.47 bits per heavy atom. The molecule has 1 unspecified atom stereocenters. The summed E-state index contributed by atoms with van der Waals surface area (Å²) in [6, 6.07) is 4.11. The van der Waals surface area contributed by atoms with Crippen LogP contribution in [0, 0.1) is 0 Å². The molecule has 1 fully saturated rings. The largest absolute Gasteiger partial charge is 0.324 e. The Kier molecular flexibility index (Phi) is 3.03. The van der Waals surface area contributed by atoms with Crippen LogP contribution >= 0.6 is 0 Å². The van der Waals surface area contributed by atoms with Crippen molar-refractivity contribution in [3.63, 3.8) is 0 Å². The molecule has 0 aliphatic carbocycles. The summed E-state index contributed by atoms with van der Waals surface area (Å²) in [6.07, 6.45) is 6.08. The molecule has 82 valence electrons. The molecule has 1 aromatic rings. The highest BCUT2D eigenvalue weighted by molar-refractivity contribution is 5.08. The van der Waals surface area contributed by atoms with Crippen molar-refractivity contribution in [2.24, 2.45) is 5.73 Å². The minimum absolute atomic E-state index is 0.0134. The van der Waals surface area contributed by atoms with Crippen molar-refractivity contribution in [3.05, 3.63) is 30.1 Å². The van der Waals surface area contributed by atoms with Crippen LogP contribution in [-0.4, -0.2) is 28.5 Å². The lowest BCUT2D eigenvalue weighted by Gasteiger charge is -2.37. The van der Waals surface area contributed by atoms with Crippen molar-refractivity contribution in [3.8, 4) is 0 Å². The van der Waals surface area contributed by atoms with Crippen LogP contribution < -0.4 is 5.73 Å². The summed E-state index contributed by atoms with van der Waals surface area (Å²) in [5.41, 5.74) is 7.42. The van der Waals surface area contributed by atoms with Crippen molar-refractivity contribution in [1.29, 1.82) is 0 Å². The van der Waals surface area contributed by atoms with Gasteiger partial charge >= 0.3 is 0 Å². The first-order valence-electron chi connectivity index (χ1n) is 5.56. The van der Waals surface area contributed by atoms with E-state index < -0.39 is 0 Å². The molecule has 1 aromatic heterocycles. The maximum absolute atomic E-state index is 6.16. The summed E-state index contributed by atoms with van der Waals surface area (Å²) in [7, 11) is 0. The molecule has 0 aromatic carbocycles. The van der Waals surface area contributed by atoms with Crippen LogP contribution in [0.15, 0.2) is 24.5 Å². The molecule has 0 amide bonds. The SMILES string of the molecule is CC1(N)CCCN(Cc2cccnc2)C1. The number of nitrogens with zero attached hydrogens (tertiary/aromatic N) is 2. The summed E-state index contributed by atoms with van der Waals surface area (Å²) in [4.78, 5) is 6.55. The summed E-state index contributed by atoms with van der Waals surface area (Å²) in [6.45, 7) is 5.26. The Morgan fingerprint density at radius 3 is 3.13 bits per heavy atom. The van der Waals surface area contributed by atoms with Gasteiger partial charge in [-0.3, -0.25) is 9.88 Å². The summed E-state index contributed by atoms with van der Waals surface area (Å²) >= 11 is 0. The molecular formula is C12H19N3. The maximum Gasteiger partial charge on any atom is 0.0312 e. The van der Waals surface area contributed by atoms with Crippen molar-refractivity contribution in [2.45, 2.75) is 31.8 Å². The van der Waals surface area contributed by atoms with Gasteiger partial charge in [-0.25, -0.2) is 0 Å². The van der Waals surface area contributed by atoms with Crippen LogP contribution in [0.2, 0.25) is 0 Å². The Bertz CT molecular complexity index is 308. The van der Waals surface area contributed by atoms with Gasteiger partial charge in [0, 0.05) is 31.0 Å². The molecule has 1 aliphatic heterocycles. The van der Waals surface area contributed by atoms with E-state index in [1.54, 1.807) is 0 Å². The Balaban J connectivity index is 1.95. The van der Waals surface area contributed by atoms with Crippen LogP contribution in [0.5, 0.6) is 0 Å². The predicted molar refractivity (Wildman–Crippen MR) is 61.3 cm³/mol. The molecule has 0 spiro atoms. The number of likely N-dealkylation sites (tertiary alicyclic amines) is 1. The Labute approximate surface area is 91.3 Å². The fourth-order valence-corrected chi connectivity index (χ4v) is 2.26. The number of pyridine rings is 1. The van der Waals surface area contributed by atoms with Gasteiger partial charge in [-0.05, 0) is 37.9 Å². The first-order chi connectivity index (χ1) is 7.16. The highest BCUT2D eigenvalue weighted by atomic mass is 15.2. The third-order valence-electron chi connectivity index (χ3n) is 2.94. The Morgan fingerprint density at radius 1 is 1.60 bits per heavy atom. The third-order valence-corrected chi connectivity index (χ3v) is 2.94. The van der Waals surface area contributed by atoms with E-state index in [2.05, 4.69) is 22.9 Å². The molecule has 0 saturated carbocycles. The summed E-state index contributed by atoms with van der Waals surface area (Å²) in [5.74, 6) is 0. The number of aromatic nitrogens is 1. The quantitative estimate of drug-likeness (QED) is 0.793. The normalized spacial score (nSPS) is 27.9. The van der Waals surface area contributed by atoms with Gasteiger partial charge in [-0.15, -0.1) is 0 Å². The standard InChI is InChI=1S/C12H19N3/c1-12(13)5-3-7-15(10-12)9-11-4-2-6-14-8-11/h2,4,6,8H,3,5,7,9-10,13H2,1H3. The number of piperidine rings is 1. The highest BCUT2D eigenvalue weighted by Crippen LogP contribution is 2.19. The average molecular weight is 205 g/mol. The molecule has 15 heavy (non-hydrogen) atoms. The van der Waals surface area contributed by atoms with Gasteiger partial charge in [-0.2, -0.15) is 0 Å². The smallest absolute Gasteiger partial charge is 0.0312 e. The third kappa shape index (κ3) is 3.01. The van der Waals surface area contributed by atoms with E-state index in [0.29, 0.717) is 0 Å². The second-order valence-electron chi connectivity index (χ2n) is 4.83. The van der Waals surface area contributed by atoms with Crippen LogP contribution in [0.3, 0.4) is 0 Å². The van der Waals surface area contributed by atoms with Gasteiger partial charge in [0.25, 0.3) is 0 Å². The maximum atomic E-state index is 6.16. The summed E-state index contributed by atoms with van der Waals surface area (Å²) in [5, 5.41) is 0. The Hall–Kier alpha value is -0.930. The fourth-order valence-electron chi connectivity index (χ4n) is 2.26. The second-order valence-corrected chi connectivity index (χ2v) is 4.83. The number of rotatable bonds is 2. The lowest BCUT2D eigenvalue weighted by atomic mass is 9.92. The van der Waals surface area contributed by atoms with Gasteiger partial charge in [-0.1, -0.05) is 6.07 Å². The zero-order chi connectivity index (χ0) is 10.7. The lowest BCUT2D eigenvalue weighted by Crippen LogP contribution is -2.51. The zero-order valence-corrected chi connectivity index (χ0v) is 9.32. The first-order valence-corrected chi connectivity index (χ1v) is 5.56. The average Bonchev–Trinajstić information content (AvgIpc) is 2.17. The van der Waals surface area contributed by atoms with Crippen LogP contribution in [0.1, 0.15) is 25.3 Å². The molecule has 1 saturated heterocycles. The van der Waals surface area contributed by atoms with Crippen molar-refractivity contribution >= 4 is 0 Å². The van der Waals surface area contributed by atoms with Crippen molar-refractivity contribution in [1.82, 2.24) is 9.88 Å². The minimum Gasteiger partial charge on any atom is -0.324 e. The van der Waals surface area contributed by atoms with Crippen molar-refractivity contribution in [2.75, 3.05) is 13.1 Å². The highest BCUT2D eigenvalue weighted by Gasteiger charge is 2.26. The number of hydrogen-bond donors (Lipinski definition) is 1. The topological polar surface area (TPSA) is 42.1 Å². The van der Waals surface area contributed by atoms with Crippen LogP contribution in [0.4, 0.5) is 0 Å². The van der Waals surface area contributed by atoms with Gasteiger partial charge in [0.1, 0.15) is 0 Å². The lowest BCUT2D eigenvalue weighted by molar-refractivity contribution is 0.153. The molecule has 2 rings (SSSR count). The molecule has 1 atom stereocenters. The van der Waals surface area contributed by atoms with E-state index >= 15 is 0 Å². The second kappa shape index (κ2) is 4.29. The van der Waals surface area contributed by atoms with Gasteiger partial charge in [0.05, 0.1) is 0 Å². The van der Waals surface area contributed by atoms with Crippen molar-refractivity contribution < 1.29 is 0 Å². The van der Waals surface area contributed by atoms with Gasteiger partial charge in [0.15, 0.2) is 0 Å². The van der Waals surface area contributed by atoms with E-state index in [4.69, 9.17) is 5.73 Å². The molecule has 1 aliphatic rings. The van der Waals surface area contributed by atoms with Crippen LogP contribution in [-0.2, 0) is 6.54 Å². The first kappa shape index (κ1) is 10.6. The van der Waals surface area contributed by atoms with E-state index in [0.717, 1.165) is 26.1 Å². The fraction of sp³-hybridized carbons (Fsp3) is 0.583. The minimum atomic E-state index is -0.0134. The molecule has 2 heterocycles. The molecule has 3 heteroatoms. The molecule has 2 N–H and O–H groups in total. The molecule has 3 nitrogen and oxygen atoms in total. The van der Waals surface area contributed by atoms with Gasteiger partial charge < -0.3 is 5.73 Å². The van der Waals surface area contributed by atoms with E-state index in [1.165, 1.54) is 12.0 Å². The molecular weight excluding hydrogens is 186 g/mol. The number of nitrogens with two attached hydrogens (primary N) is 1. The van der Waals surface area contributed by atoms with E-state index in [9.17, 15) is 0 Å². The summed E-state index contributed by atoms with van der Waals surface area (Å²) < 4.78 is 0. The van der Waals surface area contributed by atoms with Gasteiger partial charge in [0.2, 0.25) is 0 Å². The van der Waals surface area contributed by atoms with E-state index in [-0.39, 0.29) is 5.54 Å².